The molecule has 1 N–H and O–H groups in total. The van der Waals surface area contributed by atoms with Gasteiger partial charge in [-0.1, -0.05) is 30.3 Å². The monoisotopic (exact) mass is 310 g/mol. The fourth-order valence-corrected chi connectivity index (χ4v) is 2.84. The van der Waals surface area contributed by atoms with Gasteiger partial charge in [0.2, 0.25) is 5.82 Å². The summed E-state index contributed by atoms with van der Waals surface area (Å²) in [5, 5.41) is 12.0. The average molecular weight is 310 g/mol. The lowest BCUT2D eigenvalue weighted by atomic mass is 10.1. The second-order valence-corrected chi connectivity index (χ2v) is 5.29. The molecule has 0 saturated carbocycles. The molecule has 0 spiro atoms. The molecule has 0 aliphatic carbocycles. The van der Waals surface area contributed by atoms with Gasteiger partial charge in [0.15, 0.2) is 0 Å². The van der Waals surface area contributed by atoms with Gasteiger partial charge in [-0.05, 0) is 17.0 Å². The standard InChI is InChI=1S/C14H9F3N2OS/c15-14(16,17)13-18-9-6-7-21-12(9)10(19-13)11(20)8-4-2-1-3-5-8/h1-7,11,20H. The number of hydrogen-bond acceptors (Lipinski definition) is 4. The molecule has 108 valence electrons. The number of aromatic nitrogens is 2. The predicted molar refractivity (Wildman–Crippen MR) is 72.9 cm³/mol. The number of halogens is 3. The zero-order valence-corrected chi connectivity index (χ0v) is 11.3. The van der Waals surface area contributed by atoms with E-state index in [1.165, 1.54) is 17.4 Å². The summed E-state index contributed by atoms with van der Waals surface area (Å²) in [6.07, 6.45) is -5.88. The van der Waals surface area contributed by atoms with E-state index < -0.39 is 18.1 Å². The highest BCUT2D eigenvalue weighted by molar-refractivity contribution is 7.17. The molecule has 2 aromatic heterocycles. The Labute approximate surface area is 121 Å². The number of alkyl halides is 3. The third-order valence-electron chi connectivity index (χ3n) is 2.96. The van der Waals surface area contributed by atoms with Gasteiger partial charge in [0.1, 0.15) is 6.10 Å². The Morgan fingerprint density at radius 3 is 2.43 bits per heavy atom. The number of benzene rings is 1. The summed E-state index contributed by atoms with van der Waals surface area (Å²) < 4.78 is 39.1. The maximum absolute atomic E-state index is 12.9. The van der Waals surface area contributed by atoms with Crippen molar-refractivity contribution in [1.82, 2.24) is 9.97 Å². The normalized spacial score (nSPS) is 13.5. The van der Waals surface area contributed by atoms with Gasteiger partial charge < -0.3 is 5.11 Å². The van der Waals surface area contributed by atoms with Crippen molar-refractivity contribution in [3.05, 3.63) is 58.9 Å². The van der Waals surface area contributed by atoms with Crippen molar-refractivity contribution < 1.29 is 18.3 Å². The number of fused-ring (bicyclic) bond motifs is 1. The lowest BCUT2D eigenvalue weighted by Gasteiger charge is -2.13. The fraction of sp³-hybridized carbons (Fsp3) is 0.143. The Bertz CT molecular complexity index is 771. The van der Waals surface area contributed by atoms with Crippen LogP contribution in [0.3, 0.4) is 0 Å². The molecule has 0 saturated heterocycles. The number of rotatable bonds is 2. The van der Waals surface area contributed by atoms with Crippen LogP contribution in [0, 0.1) is 0 Å². The van der Waals surface area contributed by atoms with Gasteiger partial charge in [-0.15, -0.1) is 11.3 Å². The average Bonchev–Trinajstić information content (AvgIpc) is 2.94. The molecule has 1 aromatic carbocycles. The zero-order chi connectivity index (χ0) is 15.0. The summed E-state index contributed by atoms with van der Waals surface area (Å²) in [5.74, 6) is -1.24. The molecule has 0 aliphatic heterocycles. The fourth-order valence-electron chi connectivity index (χ4n) is 1.99. The van der Waals surface area contributed by atoms with Crippen LogP contribution in [0.25, 0.3) is 10.2 Å². The Balaban J connectivity index is 2.19. The Hall–Kier alpha value is -1.99. The van der Waals surface area contributed by atoms with Crippen molar-refractivity contribution in [2.24, 2.45) is 0 Å². The van der Waals surface area contributed by atoms with Gasteiger partial charge in [0.25, 0.3) is 0 Å². The van der Waals surface area contributed by atoms with E-state index in [-0.39, 0.29) is 11.2 Å². The van der Waals surface area contributed by atoms with Crippen molar-refractivity contribution in [3.63, 3.8) is 0 Å². The highest BCUT2D eigenvalue weighted by Crippen LogP contribution is 2.34. The maximum atomic E-state index is 12.9. The Kier molecular flexibility index (Phi) is 3.38. The highest BCUT2D eigenvalue weighted by atomic mass is 32.1. The number of nitrogens with zero attached hydrogens (tertiary/aromatic N) is 2. The van der Waals surface area contributed by atoms with Gasteiger partial charge in [0.05, 0.1) is 15.9 Å². The predicted octanol–water partition coefficient (Wildman–Crippen LogP) is 3.79. The van der Waals surface area contributed by atoms with E-state index >= 15 is 0 Å². The lowest BCUT2D eigenvalue weighted by Crippen LogP contribution is -2.14. The SMILES string of the molecule is OC(c1ccccc1)c1nc(C(F)(F)F)nc2ccsc12. The summed E-state index contributed by atoms with van der Waals surface area (Å²) in [6.45, 7) is 0. The molecule has 1 atom stereocenters. The minimum atomic E-state index is -4.65. The Morgan fingerprint density at radius 2 is 1.76 bits per heavy atom. The second-order valence-electron chi connectivity index (χ2n) is 4.38. The molecule has 21 heavy (non-hydrogen) atoms. The van der Waals surface area contributed by atoms with Gasteiger partial charge in [-0.3, -0.25) is 0 Å². The van der Waals surface area contributed by atoms with Crippen molar-refractivity contribution in [2.75, 3.05) is 0 Å². The molecule has 3 nitrogen and oxygen atoms in total. The first-order valence-corrected chi connectivity index (χ1v) is 6.90. The summed E-state index contributed by atoms with van der Waals surface area (Å²) in [6, 6.07) is 9.93. The summed E-state index contributed by atoms with van der Waals surface area (Å²) in [4.78, 5) is 7.05. The van der Waals surface area contributed by atoms with Crippen LogP contribution in [-0.2, 0) is 6.18 Å². The molecule has 2 heterocycles. The third kappa shape index (κ3) is 2.62. The van der Waals surface area contributed by atoms with E-state index in [0.717, 1.165) is 0 Å². The van der Waals surface area contributed by atoms with E-state index in [4.69, 9.17) is 0 Å². The third-order valence-corrected chi connectivity index (χ3v) is 3.88. The van der Waals surface area contributed by atoms with Crippen LogP contribution in [0.15, 0.2) is 41.8 Å². The van der Waals surface area contributed by atoms with Gasteiger partial charge >= 0.3 is 6.18 Å². The molecule has 1 unspecified atom stereocenters. The van der Waals surface area contributed by atoms with Crippen molar-refractivity contribution in [3.8, 4) is 0 Å². The number of aliphatic hydroxyl groups is 1. The van der Waals surface area contributed by atoms with Gasteiger partial charge in [-0.25, -0.2) is 9.97 Å². The van der Waals surface area contributed by atoms with Crippen molar-refractivity contribution >= 4 is 21.6 Å². The molecule has 0 amide bonds. The van der Waals surface area contributed by atoms with Crippen LogP contribution >= 0.6 is 11.3 Å². The first-order valence-electron chi connectivity index (χ1n) is 6.02. The van der Waals surface area contributed by atoms with E-state index in [1.54, 1.807) is 35.7 Å². The summed E-state index contributed by atoms with van der Waals surface area (Å²) >= 11 is 1.20. The van der Waals surface area contributed by atoms with E-state index in [2.05, 4.69) is 9.97 Å². The molecule has 7 heteroatoms. The number of hydrogen-bond donors (Lipinski definition) is 1. The molecule has 0 radical (unpaired) electrons. The number of thiophene rings is 1. The van der Waals surface area contributed by atoms with Gasteiger partial charge in [0, 0.05) is 0 Å². The van der Waals surface area contributed by atoms with E-state index in [1.807, 2.05) is 0 Å². The van der Waals surface area contributed by atoms with Crippen LogP contribution in [0.2, 0.25) is 0 Å². The van der Waals surface area contributed by atoms with Crippen LogP contribution < -0.4 is 0 Å². The van der Waals surface area contributed by atoms with E-state index in [0.29, 0.717) is 10.3 Å². The molecule has 0 bridgehead atoms. The molecular formula is C14H9F3N2OS. The zero-order valence-electron chi connectivity index (χ0n) is 10.5. The van der Waals surface area contributed by atoms with E-state index in [9.17, 15) is 18.3 Å². The van der Waals surface area contributed by atoms with Crippen LogP contribution in [0.5, 0.6) is 0 Å². The minimum absolute atomic E-state index is 0.0199. The molecule has 3 aromatic rings. The molecule has 0 fully saturated rings. The number of aliphatic hydroxyl groups excluding tert-OH is 1. The van der Waals surface area contributed by atoms with Crippen molar-refractivity contribution in [1.29, 1.82) is 0 Å². The molecule has 3 rings (SSSR count). The summed E-state index contributed by atoms with van der Waals surface area (Å²) in [7, 11) is 0. The quantitative estimate of drug-likeness (QED) is 0.783. The van der Waals surface area contributed by atoms with Crippen LogP contribution in [0.1, 0.15) is 23.2 Å². The lowest BCUT2D eigenvalue weighted by molar-refractivity contribution is -0.144. The van der Waals surface area contributed by atoms with Crippen molar-refractivity contribution in [2.45, 2.75) is 12.3 Å². The topological polar surface area (TPSA) is 46.0 Å². The smallest absolute Gasteiger partial charge is 0.382 e. The largest absolute Gasteiger partial charge is 0.451 e. The molecular weight excluding hydrogens is 301 g/mol. The first-order chi connectivity index (χ1) is 9.97. The van der Waals surface area contributed by atoms with Crippen LogP contribution in [-0.4, -0.2) is 15.1 Å². The maximum Gasteiger partial charge on any atom is 0.451 e. The second kappa shape index (κ2) is 5.09. The minimum Gasteiger partial charge on any atom is -0.382 e. The molecule has 0 aliphatic rings. The highest BCUT2D eigenvalue weighted by Gasteiger charge is 2.36. The first kappa shape index (κ1) is 14.0. The van der Waals surface area contributed by atoms with Crippen LogP contribution in [0.4, 0.5) is 13.2 Å². The van der Waals surface area contributed by atoms with Gasteiger partial charge in [-0.2, -0.15) is 13.2 Å². The Morgan fingerprint density at radius 1 is 1.05 bits per heavy atom. The summed E-state index contributed by atoms with van der Waals surface area (Å²) in [5.41, 5.74) is 0.653.